The van der Waals surface area contributed by atoms with Crippen molar-refractivity contribution in [1.82, 2.24) is 10.3 Å². The van der Waals surface area contributed by atoms with Crippen molar-refractivity contribution in [1.29, 1.82) is 0 Å². The van der Waals surface area contributed by atoms with Gasteiger partial charge >= 0.3 is 0 Å². The molecule has 0 saturated heterocycles. The predicted octanol–water partition coefficient (Wildman–Crippen LogP) is 3.07. The van der Waals surface area contributed by atoms with E-state index in [0.717, 1.165) is 25.3 Å². The first-order valence-electron chi connectivity index (χ1n) is 5.48. The van der Waals surface area contributed by atoms with Gasteiger partial charge in [0.25, 0.3) is 0 Å². The minimum Gasteiger partial charge on any atom is -0.312 e. The highest BCUT2D eigenvalue weighted by Gasteiger charge is 2.09. The Kier molecular flexibility index (Phi) is 6.29. The molecule has 0 aliphatic carbocycles. The van der Waals surface area contributed by atoms with Crippen molar-refractivity contribution in [3.05, 3.63) is 15.6 Å². The van der Waals surface area contributed by atoms with Gasteiger partial charge in [-0.2, -0.15) is 11.8 Å². The van der Waals surface area contributed by atoms with Crippen molar-refractivity contribution in [3.63, 3.8) is 0 Å². The lowest BCUT2D eigenvalue weighted by atomic mass is 10.2. The van der Waals surface area contributed by atoms with E-state index in [4.69, 9.17) is 4.98 Å². The van der Waals surface area contributed by atoms with E-state index >= 15 is 0 Å². The third-order valence-corrected chi connectivity index (χ3v) is 3.96. The molecule has 0 aromatic carbocycles. The molecular weight excluding hydrogens is 224 g/mol. The number of aromatic nitrogens is 1. The molecule has 0 fully saturated rings. The van der Waals surface area contributed by atoms with E-state index in [9.17, 15) is 0 Å². The average Bonchev–Trinajstić information content (AvgIpc) is 2.59. The summed E-state index contributed by atoms with van der Waals surface area (Å²) in [6.07, 6.45) is 4.43. The molecule has 15 heavy (non-hydrogen) atoms. The van der Waals surface area contributed by atoms with Crippen LogP contribution in [0.4, 0.5) is 0 Å². The number of thioether (sulfide) groups is 1. The van der Waals surface area contributed by atoms with Crippen LogP contribution < -0.4 is 5.32 Å². The maximum absolute atomic E-state index is 4.70. The second-order valence-corrected chi connectivity index (χ2v) is 5.48. The van der Waals surface area contributed by atoms with E-state index in [1.807, 2.05) is 23.1 Å². The van der Waals surface area contributed by atoms with Crippen LogP contribution in [0.15, 0.2) is 0 Å². The van der Waals surface area contributed by atoms with Gasteiger partial charge in [-0.3, -0.25) is 0 Å². The summed E-state index contributed by atoms with van der Waals surface area (Å²) in [5.74, 6) is 1.05. The molecule has 0 aliphatic heterocycles. The van der Waals surface area contributed by atoms with Crippen molar-refractivity contribution in [2.45, 2.75) is 39.0 Å². The summed E-state index contributed by atoms with van der Waals surface area (Å²) in [6, 6.07) is 0. The van der Waals surface area contributed by atoms with E-state index in [1.165, 1.54) is 22.0 Å². The standard InChI is InChI=1S/C11H20N2S2/c1-4-6-9-10(7-12-5-2)15-11(13-9)8-14-3/h12H,4-8H2,1-3H3. The third kappa shape index (κ3) is 4.13. The summed E-state index contributed by atoms with van der Waals surface area (Å²) in [6.45, 7) is 6.37. The molecule has 0 saturated carbocycles. The van der Waals surface area contributed by atoms with Gasteiger partial charge < -0.3 is 5.32 Å². The molecule has 1 aromatic heterocycles. The Morgan fingerprint density at radius 3 is 2.80 bits per heavy atom. The van der Waals surface area contributed by atoms with E-state index in [1.54, 1.807) is 0 Å². The number of aryl methyl sites for hydroxylation is 1. The Morgan fingerprint density at radius 1 is 1.40 bits per heavy atom. The van der Waals surface area contributed by atoms with Crippen molar-refractivity contribution in [2.24, 2.45) is 0 Å². The molecule has 0 atom stereocenters. The van der Waals surface area contributed by atoms with Crippen molar-refractivity contribution in [3.8, 4) is 0 Å². The molecule has 0 unspecified atom stereocenters. The zero-order valence-corrected chi connectivity index (χ0v) is 11.4. The first-order chi connectivity index (χ1) is 7.31. The Bertz CT molecular complexity index is 284. The molecule has 0 radical (unpaired) electrons. The minimum atomic E-state index is 0.984. The highest BCUT2D eigenvalue weighted by atomic mass is 32.2. The molecule has 1 heterocycles. The van der Waals surface area contributed by atoms with Crippen LogP contribution in [0.25, 0.3) is 0 Å². The maximum Gasteiger partial charge on any atom is 0.103 e. The van der Waals surface area contributed by atoms with Gasteiger partial charge in [0.05, 0.1) is 5.69 Å². The topological polar surface area (TPSA) is 24.9 Å². The summed E-state index contributed by atoms with van der Waals surface area (Å²) in [5, 5.41) is 4.66. The van der Waals surface area contributed by atoms with Crippen molar-refractivity contribution in [2.75, 3.05) is 12.8 Å². The SMILES string of the molecule is CCCc1nc(CSC)sc1CNCC. The molecular formula is C11H20N2S2. The third-order valence-electron chi connectivity index (χ3n) is 2.11. The van der Waals surface area contributed by atoms with E-state index in [-0.39, 0.29) is 0 Å². The molecule has 1 rings (SSSR count). The molecule has 4 heteroatoms. The van der Waals surface area contributed by atoms with Gasteiger partial charge in [-0.15, -0.1) is 11.3 Å². The highest BCUT2D eigenvalue weighted by molar-refractivity contribution is 7.97. The van der Waals surface area contributed by atoms with E-state index < -0.39 is 0 Å². The minimum absolute atomic E-state index is 0.984. The second-order valence-electron chi connectivity index (χ2n) is 3.44. The summed E-state index contributed by atoms with van der Waals surface area (Å²) in [7, 11) is 0. The van der Waals surface area contributed by atoms with Gasteiger partial charge in [0.2, 0.25) is 0 Å². The van der Waals surface area contributed by atoms with Gasteiger partial charge in [0, 0.05) is 17.2 Å². The fourth-order valence-corrected chi connectivity index (χ4v) is 3.21. The number of rotatable bonds is 7. The Balaban J connectivity index is 2.70. The number of thiazole rings is 1. The lowest BCUT2D eigenvalue weighted by Gasteiger charge is -2.00. The largest absolute Gasteiger partial charge is 0.312 e. The average molecular weight is 244 g/mol. The van der Waals surface area contributed by atoms with Crippen LogP contribution in [0.3, 0.4) is 0 Å². The van der Waals surface area contributed by atoms with Crippen LogP contribution in [0.2, 0.25) is 0 Å². The summed E-state index contributed by atoms with van der Waals surface area (Å²) in [5.41, 5.74) is 1.31. The fourth-order valence-electron chi connectivity index (χ4n) is 1.43. The molecule has 1 aromatic rings. The van der Waals surface area contributed by atoms with Crippen LogP contribution in [-0.2, 0) is 18.7 Å². The fraction of sp³-hybridized carbons (Fsp3) is 0.727. The molecule has 1 N–H and O–H groups in total. The van der Waals surface area contributed by atoms with Crippen LogP contribution in [0.5, 0.6) is 0 Å². The van der Waals surface area contributed by atoms with Crippen LogP contribution in [-0.4, -0.2) is 17.8 Å². The lowest BCUT2D eigenvalue weighted by molar-refractivity contribution is 0.723. The van der Waals surface area contributed by atoms with Crippen molar-refractivity contribution >= 4 is 23.1 Å². The zero-order valence-electron chi connectivity index (χ0n) is 9.80. The van der Waals surface area contributed by atoms with Crippen LogP contribution in [0, 0.1) is 0 Å². The molecule has 0 amide bonds. The van der Waals surface area contributed by atoms with Gasteiger partial charge in [-0.1, -0.05) is 20.3 Å². The molecule has 2 nitrogen and oxygen atoms in total. The number of hydrogen-bond acceptors (Lipinski definition) is 4. The normalized spacial score (nSPS) is 10.9. The van der Waals surface area contributed by atoms with Gasteiger partial charge in [0.1, 0.15) is 5.01 Å². The Hall–Kier alpha value is -0.0600. The maximum atomic E-state index is 4.70. The Morgan fingerprint density at radius 2 is 2.20 bits per heavy atom. The van der Waals surface area contributed by atoms with Crippen LogP contribution in [0.1, 0.15) is 35.8 Å². The lowest BCUT2D eigenvalue weighted by Crippen LogP contribution is -2.11. The molecule has 0 aliphatic rings. The van der Waals surface area contributed by atoms with Gasteiger partial charge in [-0.05, 0) is 19.2 Å². The van der Waals surface area contributed by atoms with Gasteiger partial charge in [-0.25, -0.2) is 4.98 Å². The van der Waals surface area contributed by atoms with E-state index in [2.05, 4.69) is 25.4 Å². The van der Waals surface area contributed by atoms with E-state index in [0.29, 0.717) is 0 Å². The number of nitrogens with one attached hydrogen (secondary N) is 1. The Labute approximate surface area is 101 Å². The first kappa shape index (κ1) is 13.0. The predicted molar refractivity (Wildman–Crippen MR) is 70.7 cm³/mol. The van der Waals surface area contributed by atoms with Crippen molar-refractivity contribution < 1.29 is 0 Å². The first-order valence-corrected chi connectivity index (χ1v) is 7.69. The quantitative estimate of drug-likeness (QED) is 0.798. The zero-order chi connectivity index (χ0) is 11.1. The highest BCUT2D eigenvalue weighted by Crippen LogP contribution is 2.22. The smallest absolute Gasteiger partial charge is 0.103 e. The van der Waals surface area contributed by atoms with Crippen LogP contribution >= 0.6 is 23.1 Å². The summed E-state index contributed by atoms with van der Waals surface area (Å²) in [4.78, 5) is 6.13. The molecule has 0 bridgehead atoms. The molecule has 86 valence electrons. The second kappa shape index (κ2) is 7.25. The molecule has 0 spiro atoms. The van der Waals surface area contributed by atoms with Gasteiger partial charge in [0.15, 0.2) is 0 Å². The number of hydrogen-bond donors (Lipinski definition) is 1. The summed E-state index contributed by atoms with van der Waals surface area (Å²) >= 11 is 3.72. The summed E-state index contributed by atoms with van der Waals surface area (Å²) < 4.78 is 0. The monoisotopic (exact) mass is 244 g/mol. The number of nitrogens with zero attached hydrogens (tertiary/aromatic N) is 1.